The zero-order chi connectivity index (χ0) is 30.5. The van der Waals surface area contributed by atoms with Crippen molar-refractivity contribution in [2.45, 2.75) is 38.4 Å². The number of aromatic nitrogens is 3. The molecule has 0 radical (unpaired) electrons. The van der Waals surface area contributed by atoms with E-state index in [4.69, 9.17) is 4.74 Å². The van der Waals surface area contributed by atoms with Gasteiger partial charge in [0.05, 0.1) is 24.6 Å². The Bertz CT molecular complexity index is 1350. The van der Waals surface area contributed by atoms with Crippen molar-refractivity contribution in [1.29, 1.82) is 0 Å². The first-order valence-electron chi connectivity index (χ1n) is 13.0. The maximum atomic E-state index is 13.2. The number of benzene rings is 2. The Hall–Kier alpha value is -4.56. The zero-order valence-electron chi connectivity index (χ0n) is 22.3. The van der Waals surface area contributed by atoms with Crippen molar-refractivity contribution in [2.24, 2.45) is 0 Å². The fraction of sp³-hybridized carbons (Fsp3) is 0.370. The molecular formula is C27H29F5N6O4. The van der Waals surface area contributed by atoms with Crippen molar-refractivity contribution in [2.75, 3.05) is 26.4 Å². The molecule has 15 heteroatoms. The van der Waals surface area contributed by atoms with Crippen molar-refractivity contribution >= 4 is 17.9 Å². The van der Waals surface area contributed by atoms with Gasteiger partial charge in [0, 0.05) is 12.1 Å². The van der Waals surface area contributed by atoms with E-state index in [-0.39, 0.29) is 31.0 Å². The third-order valence-electron chi connectivity index (χ3n) is 5.80. The average Bonchev–Trinajstić information content (AvgIpc) is 3.39. The van der Waals surface area contributed by atoms with Gasteiger partial charge in [-0.15, -0.1) is 5.10 Å². The number of carbonyl (C=O) groups is 3. The van der Waals surface area contributed by atoms with E-state index in [1.807, 2.05) is 0 Å². The standard InChI is InChI=1S/C27H29F5N6O4/c28-12-3-1-2-7-22-23(25(40)33-13-14-42-26(41)34-16-18-5-4-6-20(29)15-18)36-37-38(22)21-10-8-19(9-11-21)24(39)35-17-27(30,31)32/h4-6,8-11,15H,1-3,7,12-14,16-17H2,(H,33,40)(H,34,41)(H,35,39). The molecule has 3 amide bonds. The maximum absolute atomic E-state index is 13.2. The molecule has 0 bridgehead atoms. The number of nitrogens with zero attached hydrogens (tertiary/aromatic N) is 3. The van der Waals surface area contributed by atoms with Crippen LogP contribution in [0, 0.1) is 5.82 Å². The summed E-state index contributed by atoms with van der Waals surface area (Å²) in [4.78, 5) is 36.7. The monoisotopic (exact) mass is 596 g/mol. The van der Waals surface area contributed by atoms with E-state index in [9.17, 15) is 36.3 Å². The topological polar surface area (TPSA) is 127 Å². The predicted octanol–water partition coefficient (Wildman–Crippen LogP) is 4.04. The highest BCUT2D eigenvalue weighted by Gasteiger charge is 2.28. The lowest BCUT2D eigenvalue weighted by atomic mass is 10.1. The summed E-state index contributed by atoms with van der Waals surface area (Å²) >= 11 is 0. The van der Waals surface area contributed by atoms with Crippen LogP contribution in [-0.2, 0) is 17.7 Å². The lowest BCUT2D eigenvalue weighted by Crippen LogP contribution is -2.33. The molecule has 3 N–H and O–H groups in total. The molecule has 0 aliphatic rings. The minimum atomic E-state index is -4.55. The van der Waals surface area contributed by atoms with Crippen LogP contribution in [0.3, 0.4) is 0 Å². The third-order valence-corrected chi connectivity index (χ3v) is 5.80. The fourth-order valence-electron chi connectivity index (χ4n) is 3.77. The van der Waals surface area contributed by atoms with Crippen molar-refractivity contribution in [3.8, 4) is 5.69 Å². The van der Waals surface area contributed by atoms with Gasteiger partial charge in [-0.25, -0.2) is 13.9 Å². The van der Waals surface area contributed by atoms with Crippen LogP contribution in [-0.4, -0.2) is 65.4 Å². The van der Waals surface area contributed by atoms with E-state index in [0.29, 0.717) is 42.6 Å². The van der Waals surface area contributed by atoms with Crippen molar-refractivity contribution in [1.82, 2.24) is 30.9 Å². The normalized spacial score (nSPS) is 11.2. The molecule has 3 aromatic rings. The van der Waals surface area contributed by atoms with Gasteiger partial charge in [-0.05, 0) is 61.2 Å². The molecule has 226 valence electrons. The lowest BCUT2D eigenvalue weighted by molar-refractivity contribution is -0.123. The van der Waals surface area contributed by atoms with Crippen LogP contribution in [0.4, 0.5) is 26.7 Å². The van der Waals surface area contributed by atoms with Gasteiger partial charge in [0.25, 0.3) is 11.8 Å². The Morgan fingerprint density at radius 3 is 2.38 bits per heavy atom. The molecule has 42 heavy (non-hydrogen) atoms. The number of unbranched alkanes of at least 4 members (excludes halogenated alkanes) is 2. The van der Waals surface area contributed by atoms with Gasteiger partial charge < -0.3 is 20.7 Å². The summed E-state index contributed by atoms with van der Waals surface area (Å²) in [6, 6.07) is 11.2. The van der Waals surface area contributed by atoms with Crippen molar-refractivity contribution in [3.05, 3.63) is 76.9 Å². The van der Waals surface area contributed by atoms with Gasteiger partial charge in [0.15, 0.2) is 5.69 Å². The molecule has 1 aromatic heterocycles. The molecular weight excluding hydrogens is 567 g/mol. The number of hydrogen-bond donors (Lipinski definition) is 3. The van der Waals surface area contributed by atoms with Gasteiger partial charge in [-0.3, -0.25) is 14.0 Å². The summed E-state index contributed by atoms with van der Waals surface area (Å²) in [5.74, 6) is -1.95. The van der Waals surface area contributed by atoms with Gasteiger partial charge in [-0.1, -0.05) is 23.8 Å². The molecule has 0 spiro atoms. The first-order valence-corrected chi connectivity index (χ1v) is 13.0. The third kappa shape index (κ3) is 10.1. The SMILES string of the molecule is O=C(NCc1cccc(F)c1)OCCNC(=O)c1nnn(-c2ccc(C(=O)NCC(F)(F)F)cc2)c1CCCCCF. The number of hydrogen-bond acceptors (Lipinski definition) is 6. The van der Waals surface area contributed by atoms with Crippen LogP contribution in [0.2, 0.25) is 0 Å². The molecule has 0 fully saturated rings. The Kier molecular flexibility index (Phi) is 11.8. The van der Waals surface area contributed by atoms with Gasteiger partial charge >= 0.3 is 12.3 Å². The van der Waals surface area contributed by atoms with Crippen LogP contribution < -0.4 is 16.0 Å². The van der Waals surface area contributed by atoms with E-state index < -0.39 is 43.1 Å². The minimum Gasteiger partial charge on any atom is -0.448 e. The lowest BCUT2D eigenvalue weighted by Gasteiger charge is -2.11. The number of amides is 3. The van der Waals surface area contributed by atoms with Crippen molar-refractivity contribution < 1.29 is 41.1 Å². The second-order valence-electron chi connectivity index (χ2n) is 9.02. The predicted molar refractivity (Wildman–Crippen MR) is 140 cm³/mol. The van der Waals surface area contributed by atoms with Crippen LogP contribution in [0.15, 0.2) is 48.5 Å². The number of rotatable bonds is 14. The first-order chi connectivity index (χ1) is 20.1. The Morgan fingerprint density at radius 1 is 0.929 bits per heavy atom. The summed E-state index contributed by atoms with van der Waals surface area (Å²) in [6.45, 7) is -2.13. The minimum absolute atomic E-state index is 0.00875. The number of nitrogens with one attached hydrogen (secondary N) is 3. The molecule has 1 heterocycles. The number of alkyl carbamates (subject to hydrolysis) is 1. The average molecular weight is 597 g/mol. The fourth-order valence-corrected chi connectivity index (χ4v) is 3.77. The highest BCUT2D eigenvalue weighted by molar-refractivity contribution is 5.94. The van der Waals surface area contributed by atoms with Crippen molar-refractivity contribution in [3.63, 3.8) is 0 Å². The Morgan fingerprint density at radius 2 is 1.69 bits per heavy atom. The quantitative estimate of drug-likeness (QED) is 0.191. The maximum Gasteiger partial charge on any atom is 0.407 e. The molecule has 0 saturated heterocycles. The van der Waals surface area contributed by atoms with Crippen LogP contribution in [0.5, 0.6) is 0 Å². The first kappa shape index (κ1) is 32.0. The Balaban J connectivity index is 1.60. The second kappa shape index (κ2) is 15.4. The largest absolute Gasteiger partial charge is 0.448 e. The van der Waals surface area contributed by atoms with E-state index in [1.165, 1.54) is 47.1 Å². The highest BCUT2D eigenvalue weighted by atomic mass is 19.4. The molecule has 0 aliphatic heterocycles. The Labute approximate surface area is 237 Å². The molecule has 0 atom stereocenters. The molecule has 3 rings (SSSR count). The van der Waals surface area contributed by atoms with Gasteiger partial charge in [0.1, 0.15) is 19.0 Å². The summed E-state index contributed by atoms with van der Waals surface area (Å²) in [6.07, 6.45) is -3.61. The summed E-state index contributed by atoms with van der Waals surface area (Å²) in [5, 5.41) is 14.8. The van der Waals surface area contributed by atoms with Gasteiger partial charge in [0.2, 0.25) is 0 Å². The molecule has 0 saturated carbocycles. The molecule has 2 aromatic carbocycles. The second-order valence-corrected chi connectivity index (χ2v) is 9.02. The summed E-state index contributed by atoms with van der Waals surface area (Å²) < 4.78 is 69.4. The van der Waals surface area contributed by atoms with E-state index in [0.717, 1.165) is 0 Å². The number of halogens is 5. The molecule has 0 aliphatic carbocycles. The van der Waals surface area contributed by atoms with E-state index in [2.05, 4.69) is 20.9 Å². The van der Waals surface area contributed by atoms with Crippen LogP contribution in [0.1, 0.15) is 51.4 Å². The number of carbonyl (C=O) groups excluding carboxylic acids is 3. The summed E-state index contributed by atoms with van der Waals surface area (Å²) in [7, 11) is 0. The number of ether oxygens (including phenoxy) is 1. The summed E-state index contributed by atoms with van der Waals surface area (Å²) in [5.41, 5.74) is 1.31. The molecule has 10 nitrogen and oxygen atoms in total. The van der Waals surface area contributed by atoms with Crippen LogP contribution >= 0.6 is 0 Å². The van der Waals surface area contributed by atoms with Crippen LogP contribution in [0.25, 0.3) is 5.69 Å². The van der Waals surface area contributed by atoms with Gasteiger partial charge in [-0.2, -0.15) is 13.2 Å². The number of alkyl halides is 4. The molecule has 0 unspecified atom stereocenters. The highest BCUT2D eigenvalue weighted by Crippen LogP contribution is 2.18. The van der Waals surface area contributed by atoms with E-state index in [1.54, 1.807) is 11.4 Å². The zero-order valence-corrected chi connectivity index (χ0v) is 22.3. The van der Waals surface area contributed by atoms with E-state index >= 15 is 0 Å². The smallest absolute Gasteiger partial charge is 0.407 e.